The zero-order valence-electron chi connectivity index (χ0n) is 10.6. The van der Waals surface area contributed by atoms with Gasteiger partial charge in [0.05, 0.1) is 0 Å². The number of nitrogens with two attached hydrogens (primary N) is 2. The fraction of sp³-hybridized carbons (Fsp3) is 0.917. The van der Waals surface area contributed by atoms with Gasteiger partial charge in [-0.15, -0.1) is 0 Å². The molecule has 0 aromatic carbocycles. The van der Waals surface area contributed by atoms with Gasteiger partial charge in [0.2, 0.25) is 0 Å². The summed E-state index contributed by atoms with van der Waals surface area (Å²) in [6.45, 7) is 7.36. The Hall–Kier alpha value is -0.410. The van der Waals surface area contributed by atoms with Gasteiger partial charge >= 0.3 is 0 Å². The van der Waals surface area contributed by atoms with Crippen LogP contribution in [0.5, 0.6) is 0 Å². The molecule has 0 spiro atoms. The molecule has 0 unspecified atom stereocenters. The van der Waals surface area contributed by atoms with E-state index in [0.717, 1.165) is 32.4 Å². The van der Waals surface area contributed by atoms with Gasteiger partial charge in [0, 0.05) is 6.42 Å². The quantitative estimate of drug-likeness (QED) is 0.640. The van der Waals surface area contributed by atoms with Crippen LogP contribution in [0.4, 0.5) is 0 Å². The SMILES string of the molecule is CC(=O)CC(C)C.NCCCCCCN. The molecule has 0 rings (SSSR count). The van der Waals surface area contributed by atoms with Gasteiger partial charge in [-0.25, -0.2) is 0 Å². The van der Waals surface area contributed by atoms with Crippen molar-refractivity contribution in [2.45, 2.75) is 52.9 Å². The van der Waals surface area contributed by atoms with Crippen molar-refractivity contribution in [2.24, 2.45) is 17.4 Å². The topological polar surface area (TPSA) is 69.1 Å². The van der Waals surface area contributed by atoms with E-state index in [1.54, 1.807) is 6.92 Å². The van der Waals surface area contributed by atoms with Crippen LogP contribution in [-0.4, -0.2) is 18.9 Å². The van der Waals surface area contributed by atoms with Crippen LogP contribution >= 0.6 is 0 Å². The molecule has 0 saturated heterocycles. The number of Topliss-reactive ketones (excluding diaryl/α,β-unsaturated/α-hetero) is 1. The van der Waals surface area contributed by atoms with E-state index in [1.807, 2.05) is 13.8 Å². The van der Waals surface area contributed by atoms with Crippen molar-refractivity contribution in [1.82, 2.24) is 0 Å². The minimum Gasteiger partial charge on any atom is -0.330 e. The Kier molecular flexibility index (Phi) is 15.4. The molecule has 3 nitrogen and oxygen atoms in total. The Balaban J connectivity index is 0. The maximum Gasteiger partial charge on any atom is 0.130 e. The zero-order chi connectivity index (χ0) is 12.1. The highest BCUT2D eigenvalue weighted by Gasteiger charge is 1.95. The lowest BCUT2D eigenvalue weighted by Gasteiger charge is -1.95. The third-order valence-electron chi connectivity index (χ3n) is 1.85. The van der Waals surface area contributed by atoms with Crippen LogP contribution in [0.2, 0.25) is 0 Å². The Bertz CT molecular complexity index is 130. The number of rotatable bonds is 7. The predicted octanol–water partition coefficient (Wildman–Crippen LogP) is 2.09. The summed E-state index contributed by atoms with van der Waals surface area (Å²) in [6, 6.07) is 0. The van der Waals surface area contributed by atoms with Crippen LogP contribution in [0.1, 0.15) is 52.9 Å². The summed E-state index contributed by atoms with van der Waals surface area (Å²) in [4.78, 5) is 10.3. The highest BCUT2D eigenvalue weighted by Crippen LogP contribution is 1.97. The van der Waals surface area contributed by atoms with E-state index in [2.05, 4.69) is 0 Å². The van der Waals surface area contributed by atoms with Gasteiger partial charge < -0.3 is 16.3 Å². The predicted molar refractivity (Wildman–Crippen MR) is 66.7 cm³/mol. The van der Waals surface area contributed by atoms with Gasteiger partial charge in [0.1, 0.15) is 5.78 Å². The van der Waals surface area contributed by atoms with Crippen LogP contribution in [0.15, 0.2) is 0 Å². The first kappa shape index (κ1) is 17.0. The molecule has 15 heavy (non-hydrogen) atoms. The molecule has 0 aliphatic carbocycles. The molecule has 0 radical (unpaired) electrons. The Labute approximate surface area is 94.6 Å². The largest absolute Gasteiger partial charge is 0.330 e. The molecule has 0 bridgehead atoms. The van der Waals surface area contributed by atoms with Crippen LogP contribution < -0.4 is 11.5 Å². The van der Waals surface area contributed by atoms with Crippen molar-refractivity contribution < 1.29 is 4.79 Å². The van der Waals surface area contributed by atoms with Crippen LogP contribution in [0, 0.1) is 5.92 Å². The fourth-order valence-corrected chi connectivity index (χ4v) is 1.22. The van der Waals surface area contributed by atoms with E-state index >= 15 is 0 Å². The summed E-state index contributed by atoms with van der Waals surface area (Å²) in [5, 5.41) is 0. The molecule has 0 heterocycles. The highest BCUT2D eigenvalue weighted by atomic mass is 16.1. The Morgan fingerprint density at radius 1 is 1.00 bits per heavy atom. The molecule has 92 valence electrons. The first-order valence-corrected chi connectivity index (χ1v) is 5.94. The molecular formula is C12H28N2O. The minimum atomic E-state index is 0.287. The molecular weight excluding hydrogens is 188 g/mol. The van der Waals surface area contributed by atoms with Crippen molar-refractivity contribution in [2.75, 3.05) is 13.1 Å². The van der Waals surface area contributed by atoms with E-state index < -0.39 is 0 Å². The zero-order valence-corrected chi connectivity index (χ0v) is 10.6. The van der Waals surface area contributed by atoms with Crippen molar-refractivity contribution in [3.63, 3.8) is 0 Å². The molecule has 4 N–H and O–H groups in total. The minimum absolute atomic E-state index is 0.287. The van der Waals surface area contributed by atoms with Crippen molar-refractivity contribution >= 4 is 5.78 Å². The second kappa shape index (κ2) is 13.6. The lowest BCUT2D eigenvalue weighted by molar-refractivity contribution is -0.117. The number of carbonyl (C=O) groups is 1. The summed E-state index contributed by atoms with van der Waals surface area (Å²) >= 11 is 0. The van der Waals surface area contributed by atoms with Gasteiger partial charge in [0.15, 0.2) is 0 Å². The van der Waals surface area contributed by atoms with Gasteiger partial charge in [0.25, 0.3) is 0 Å². The summed E-state index contributed by atoms with van der Waals surface area (Å²) in [7, 11) is 0. The number of hydrogen-bond acceptors (Lipinski definition) is 3. The van der Waals surface area contributed by atoms with Gasteiger partial charge in [-0.05, 0) is 38.8 Å². The number of unbranched alkanes of at least 4 members (excludes halogenated alkanes) is 3. The fourth-order valence-electron chi connectivity index (χ4n) is 1.22. The van der Waals surface area contributed by atoms with E-state index in [4.69, 9.17) is 11.5 Å². The van der Waals surface area contributed by atoms with E-state index in [0.29, 0.717) is 5.92 Å². The Morgan fingerprint density at radius 2 is 1.40 bits per heavy atom. The van der Waals surface area contributed by atoms with Crippen molar-refractivity contribution in [3.8, 4) is 0 Å². The summed E-state index contributed by atoms with van der Waals surface area (Å²) in [5.41, 5.74) is 10.6. The van der Waals surface area contributed by atoms with Crippen LogP contribution in [-0.2, 0) is 4.79 Å². The molecule has 3 heteroatoms. The van der Waals surface area contributed by atoms with E-state index in [9.17, 15) is 4.79 Å². The average molecular weight is 216 g/mol. The first-order chi connectivity index (χ1) is 7.04. The van der Waals surface area contributed by atoms with E-state index in [1.165, 1.54) is 12.8 Å². The van der Waals surface area contributed by atoms with E-state index in [-0.39, 0.29) is 5.78 Å². The standard InChI is InChI=1S/C6H16N2.C6H12O/c7-5-3-1-2-4-6-8;1-5(2)4-6(3)7/h1-8H2;5H,4H2,1-3H3. The maximum atomic E-state index is 10.3. The third kappa shape index (κ3) is 24.7. The van der Waals surface area contributed by atoms with Crippen LogP contribution in [0.3, 0.4) is 0 Å². The molecule has 0 fully saturated rings. The second-order valence-corrected chi connectivity index (χ2v) is 4.29. The summed E-state index contributed by atoms with van der Waals surface area (Å²) in [6.07, 6.45) is 5.52. The number of hydrogen-bond donors (Lipinski definition) is 2. The molecule has 0 saturated carbocycles. The second-order valence-electron chi connectivity index (χ2n) is 4.29. The number of ketones is 1. The van der Waals surface area contributed by atoms with Gasteiger partial charge in [-0.2, -0.15) is 0 Å². The maximum absolute atomic E-state index is 10.3. The van der Waals surface area contributed by atoms with Crippen molar-refractivity contribution in [1.29, 1.82) is 0 Å². The third-order valence-corrected chi connectivity index (χ3v) is 1.85. The monoisotopic (exact) mass is 216 g/mol. The normalized spacial score (nSPS) is 9.73. The molecule has 0 aliphatic rings. The molecule has 0 amide bonds. The Morgan fingerprint density at radius 3 is 1.53 bits per heavy atom. The lowest BCUT2D eigenvalue weighted by Crippen LogP contribution is -2.00. The van der Waals surface area contributed by atoms with Crippen molar-refractivity contribution in [3.05, 3.63) is 0 Å². The summed E-state index contributed by atoms with van der Waals surface area (Å²) in [5.74, 6) is 0.813. The summed E-state index contributed by atoms with van der Waals surface area (Å²) < 4.78 is 0. The first-order valence-electron chi connectivity index (χ1n) is 5.94. The van der Waals surface area contributed by atoms with Gasteiger partial charge in [-0.3, -0.25) is 0 Å². The molecule has 0 aromatic heterocycles. The molecule has 0 aromatic rings. The smallest absolute Gasteiger partial charge is 0.130 e. The average Bonchev–Trinajstić information content (AvgIpc) is 2.11. The van der Waals surface area contributed by atoms with Gasteiger partial charge in [-0.1, -0.05) is 26.7 Å². The van der Waals surface area contributed by atoms with Crippen LogP contribution in [0.25, 0.3) is 0 Å². The lowest BCUT2D eigenvalue weighted by atomic mass is 10.1. The number of carbonyl (C=O) groups excluding carboxylic acids is 1. The highest BCUT2D eigenvalue weighted by molar-refractivity contribution is 5.75. The molecule has 0 atom stereocenters. The molecule has 0 aliphatic heterocycles.